The van der Waals surface area contributed by atoms with Gasteiger partial charge in [-0.05, 0) is 19.4 Å². The molecule has 0 aliphatic carbocycles. The number of nitrogens with zero attached hydrogens (tertiary/aromatic N) is 1. The van der Waals surface area contributed by atoms with Crippen LogP contribution in [0.4, 0.5) is 0 Å². The number of esters is 1. The molecule has 0 aromatic heterocycles. The van der Waals surface area contributed by atoms with Crippen molar-refractivity contribution in [2.45, 2.75) is 46.3 Å². The smallest absolute Gasteiger partial charge is 0.333 e. The van der Waals surface area contributed by atoms with Gasteiger partial charge in [0.15, 0.2) is 5.54 Å². The number of ether oxygens (including phenoxy) is 1. The minimum absolute atomic E-state index is 0.0854. The Balaban J connectivity index is 1.71. The molecular formula is C18H19Cl3N2O5S. The molecule has 158 valence electrons. The molecule has 1 N–H and O–H groups in total. The molecule has 0 bridgehead atoms. The minimum Gasteiger partial charge on any atom is -0.459 e. The van der Waals surface area contributed by atoms with Crippen LogP contribution in [0, 0.1) is 0 Å². The molecule has 0 saturated carbocycles. The summed E-state index contributed by atoms with van der Waals surface area (Å²) >= 11 is 16.8. The number of halogens is 3. The zero-order valence-corrected chi connectivity index (χ0v) is 18.6. The van der Waals surface area contributed by atoms with Crippen LogP contribution < -0.4 is 5.32 Å². The third-order valence-corrected chi connectivity index (χ3v) is 7.67. The van der Waals surface area contributed by atoms with Crippen LogP contribution in [-0.2, 0) is 36.3 Å². The molecule has 0 spiro atoms. The normalized spacial score (nSPS) is 31.1. The molecule has 29 heavy (non-hydrogen) atoms. The van der Waals surface area contributed by atoms with Gasteiger partial charge in [-0.1, -0.05) is 65.1 Å². The maximum Gasteiger partial charge on any atom is 0.333 e. The van der Waals surface area contributed by atoms with Gasteiger partial charge in [0.2, 0.25) is 15.6 Å². The maximum atomic E-state index is 12.9. The van der Waals surface area contributed by atoms with Crippen LogP contribution in [0.1, 0.15) is 19.4 Å². The highest BCUT2D eigenvalue weighted by Crippen LogP contribution is 2.45. The summed E-state index contributed by atoms with van der Waals surface area (Å²) in [5.74, 6) is -1.68. The zero-order chi connectivity index (χ0) is 21.6. The Morgan fingerprint density at radius 1 is 1.28 bits per heavy atom. The van der Waals surface area contributed by atoms with Crippen LogP contribution in [0.15, 0.2) is 30.3 Å². The Bertz CT molecular complexity index is 863. The van der Waals surface area contributed by atoms with Gasteiger partial charge in [0.25, 0.3) is 0 Å². The number of alkyl halides is 3. The second-order valence-corrected chi connectivity index (χ2v) is 11.5. The first-order valence-corrected chi connectivity index (χ1v) is 11.2. The highest BCUT2D eigenvalue weighted by molar-refractivity contribution is 7.87. The van der Waals surface area contributed by atoms with E-state index < -0.39 is 55.3 Å². The minimum atomic E-state index is -1.81. The van der Waals surface area contributed by atoms with Gasteiger partial charge in [-0.2, -0.15) is 0 Å². The van der Waals surface area contributed by atoms with E-state index in [0.717, 1.165) is 5.56 Å². The monoisotopic (exact) mass is 480 g/mol. The fourth-order valence-corrected chi connectivity index (χ4v) is 5.75. The summed E-state index contributed by atoms with van der Waals surface area (Å²) in [7, 11) is -1.59. The SMILES string of the molecule is CC1S(=O)[C@@H]2C(NC(=O)Cc3ccccc3)C(=O)N2C1(C)C(=O)OCC(Cl)(Cl)Cl. The second kappa shape index (κ2) is 8.06. The lowest BCUT2D eigenvalue weighted by Crippen LogP contribution is -2.74. The first-order chi connectivity index (χ1) is 13.5. The number of fused-ring (bicyclic) bond motifs is 1. The molecule has 1 aromatic rings. The third-order valence-electron chi connectivity index (χ3n) is 5.23. The van der Waals surface area contributed by atoms with Crippen LogP contribution in [0.2, 0.25) is 0 Å². The van der Waals surface area contributed by atoms with Crippen molar-refractivity contribution >= 4 is 63.4 Å². The highest BCUT2D eigenvalue weighted by Gasteiger charge is 2.70. The number of nitrogens with one attached hydrogen (secondary N) is 1. The van der Waals surface area contributed by atoms with Gasteiger partial charge in [0, 0.05) is 0 Å². The third kappa shape index (κ3) is 4.13. The molecule has 7 nitrogen and oxygen atoms in total. The van der Waals surface area contributed by atoms with Crippen molar-refractivity contribution in [2.75, 3.05) is 6.61 Å². The first-order valence-electron chi connectivity index (χ1n) is 8.76. The van der Waals surface area contributed by atoms with Gasteiger partial charge in [0.05, 0.1) is 22.5 Å². The Labute approximate surface area is 185 Å². The zero-order valence-electron chi connectivity index (χ0n) is 15.6. The number of carbonyl (C=O) groups is 3. The summed E-state index contributed by atoms with van der Waals surface area (Å²) < 4.78 is 16.1. The lowest BCUT2D eigenvalue weighted by atomic mass is 9.90. The molecule has 1 aromatic carbocycles. The van der Waals surface area contributed by atoms with Crippen molar-refractivity contribution in [3.8, 4) is 0 Å². The van der Waals surface area contributed by atoms with E-state index in [0.29, 0.717) is 0 Å². The molecule has 2 heterocycles. The Hall–Kier alpha value is -1.35. The average molecular weight is 482 g/mol. The molecule has 4 unspecified atom stereocenters. The van der Waals surface area contributed by atoms with E-state index in [1.807, 2.05) is 6.07 Å². The summed E-state index contributed by atoms with van der Waals surface area (Å²) in [6.45, 7) is 2.55. The molecule has 5 atom stereocenters. The van der Waals surface area contributed by atoms with Gasteiger partial charge >= 0.3 is 5.97 Å². The molecule has 2 fully saturated rings. The van der Waals surface area contributed by atoms with E-state index in [1.165, 1.54) is 11.8 Å². The standard InChI is InChI=1S/C18H19Cl3N2O5S/c1-10-17(2,16(26)28-9-18(19,20)21)23-14(25)13(15(23)29(10)27)22-12(24)8-11-6-4-3-5-7-11/h3-7,10,13,15H,8-9H2,1-2H3,(H,22,24)/t10?,13?,15-,17?,29?/m1/s1. The Kier molecular flexibility index (Phi) is 6.21. The summed E-state index contributed by atoms with van der Waals surface area (Å²) in [5, 5.41) is 1.09. The molecule has 2 amide bonds. The molecule has 11 heteroatoms. The maximum absolute atomic E-state index is 12.9. The van der Waals surface area contributed by atoms with Crippen LogP contribution >= 0.6 is 34.8 Å². The van der Waals surface area contributed by atoms with E-state index in [-0.39, 0.29) is 12.3 Å². The molecule has 0 radical (unpaired) electrons. The number of β-lactam (4-membered cyclic amide) rings is 1. The quantitative estimate of drug-likeness (QED) is 0.393. The van der Waals surface area contributed by atoms with Crippen LogP contribution in [0.25, 0.3) is 0 Å². The Morgan fingerprint density at radius 2 is 1.90 bits per heavy atom. The fourth-order valence-electron chi connectivity index (χ4n) is 3.52. The van der Waals surface area contributed by atoms with Crippen LogP contribution in [0.3, 0.4) is 0 Å². The number of amides is 2. The summed E-state index contributed by atoms with van der Waals surface area (Å²) in [4.78, 5) is 38.9. The summed E-state index contributed by atoms with van der Waals surface area (Å²) in [6, 6.07) is 8.07. The van der Waals surface area contributed by atoms with Gasteiger partial charge in [-0.15, -0.1) is 0 Å². The first kappa shape index (κ1) is 22.3. The van der Waals surface area contributed by atoms with Crippen molar-refractivity contribution in [3.05, 3.63) is 35.9 Å². The van der Waals surface area contributed by atoms with E-state index in [1.54, 1.807) is 31.2 Å². The topological polar surface area (TPSA) is 92.8 Å². The molecule has 2 aliphatic rings. The summed E-state index contributed by atoms with van der Waals surface area (Å²) in [5.41, 5.74) is -0.696. The van der Waals surface area contributed by atoms with Crippen molar-refractivity contribution in [2.24, 2.45) is 0 Å². The average Bonchev–Trinajstić information content (AvgIpc) is 2.84. The molecule has 3 rings (SSSR count). The number of benzene rings is 1. The van der Waals surface area contributed by atoms with E-state index in [4.69, 9.17) is 39.5 Å². The number of hydrogen-bond donors (Lipinski definition) is 1. The van der Waals surface area contributed by atoms with Crippen molar-refractivity contribution in [1.82, 2.24) is 10.2 Å². The lowest BCUT2D eigenvalue weighted by molar-refractivity contribution is -0.171. The van der Waals surface area contributed by atoms with Crippen molar-refractivity contribution < 1.29 is 23.3 Å². The fraction of sp³-hybridized carbons (Fsp3) is 0.500. The van der Waals surface area contributed by atoms with E-state index in [9.17, 15) is 18.6 Å². The molecular weight excluding hydrogens is 463 g/mol. The summed E-state index contributed by atoms with van der Waals surface area (Å²) in [6.07, 6.45) is 0.0854. The molecule has 2 saturated heterocycles. The van der Waals surface area contributed by atoms with Crippen LogP contribution in [-0.4, -0.2) is 59.5 Å². The van der Waals surface area contributed by atoms with Gasteiger partial charge in [-0.25, -0.2) is 4.79 Å². The van der Waals surface area contributed by atoms with Crippen molar-refractivity contribution in [1.29, 1.82) is 0 Å². The second-order valence-electron chi connectivity index (χ2n) is 7.12. The van der Waals surface area contributed by atoms with Crippen LogP contribution in [0.5, 0.6) is 0 Å². The number of carbonyl (C=O) groups excluding carboxylic acids is 3. The van der Waals surface area contributed by atoms with Gasteiger partial charge in [0.1, 0.15) is 18.0 Å². The highest BCUT2D eigenvalue weighted by atomic mass is 35.6. The van der Waals surface area contributed by atoms with E-state index in [2.05, 4.69) is 5.32 Å². The number of rotatable bonds is 5. The largest absolute Gasteiger partial charge is 0.459 e. The lowest BCUT2D eigenvalue weighted by Gasteiger charge is -2.47. The van der Waals surface area contributed by atoms with Crippen molar-refractivity contribution in [3.63, 3.8) is 0 Å². The van der Waals surface area contributed by atoms with E-state index >= 15 is 0 Å². The molecule has 2 aliphatic heterocycles. The predicted molar refractivity (Wildman–Crippen MR) is 110 cm³/mol. The number of hydrogen-bond acceptors (Lipinski definition) is 5. The predicted octanol–water partition coefficient (Wildman–Crippen LogP) is 1.71. The van der Waals surface area contributed by atoms with Gasteiger partial charge in [-0.3, -0.25) is 13.8 Å². The Morgan fingerprint density at radius 3 is 2.48 bits per heavy atom. The van der Waals surface area contributed by atoms with Gasteiger partial charge < -0.3 is 15.0 Å².